The minimum Gasteiger partial charge on any atom is -0.433 e. The topological polar surface area (TPSA) is 43.1 Å². The van der Waals surface area contributed by atoms with Crippen LogP contribution in [0.15, 0.2) is 40.8 Å². The lowest BCUT2D eigenvalue weighted by Gasteiger charge is -1.95. The summed E-state index contributed by atoms with van der Waals surface area (Å²) in [6.45, 7) is 1.45. The standard InChI is InChI=1S/C13H9NO2/c1-8(15)13-14-11-7-6-9-4-2-3-5-10(9)12(11)16-13/h2-7H,1H3. The Hall–Kier alpha value is -2.16. The average molecular weight is 211 g/mol. The molecule has 0 aliphatic heterocycles. The first-order chi connectivity index (χ1) is 7.75. The Morgan fingerprint density at radius 3 is 2.81 bits per heavy atom. The number of rotatable bonds is 1. The Bertz CT molecular complexity index is 697. The van der Waals surface area contributed by atoms with E-state index >= 15 is 0 Å². The average Bonchev–Trinajstić information content (AvgIpc) is 2.73. The van der Waals surface area contributed by atoms with Crippen molar-refractivity contribution in [3.8, 4) is 0 Å². The highest BCUT2D eigenvalue weighted by Crippen LogP contribution is 2.25. The van der Waals surface area contributed by atoms with Crippen LogP contribution in [0.5, 0.6) is 0 Å². The maximum atomic E-state index is 11.2. The van der Waals surface area contributed by atoms with Gasteiger partial charge in [-0.25, -0.2) is 4.98 Å². The molecule has 1 aromatic heterocycles. The highest BCUT2D eigenvalue weighted by Gasteiger charge is 2.11. The lowest BCUT2D eigenvalue weighted by Crippen LogP contribution is -1.89. The monoisotopic (exact) mass is 211 g/mol. The van der Waals surface area contributed by atoms with E-state index in [0.29, 0.717) is 5.58 Å². The Morgan fingerprint density at radius 1 is 1.19 bits per heavy atom. The molecule has 0 aliphatic carbocycles. The first-order valence-electron chi connectivity index (χ1n) is 5.05. The maximum absolute atomic E-state index is 11.2. The van der Waals surface area contributed by atoms with Gasteiger partial charge in [-0.2, -0.15) is 0 Å². The molecule has 2 aromatic carbocycles. The summed E-state index contributed by atoms with van der Waals surface area (Å²) in [4.78, 5) is 15.3. The van der Waals surface area contributed by atoms with Gasteiger partial charge in [-0.15, -0.1) is 0 Å². The molecule has 0 N–H and O–H groups in total. The van der Waals surface area contributed by atoms with Gasteiger partial charge in [-0.1, -0.05) is 30.3 Å². The van der Waals surface area contributed by atoms with Gasteiger partial charge in [0.15, 0.2) is 5.58 Å². The first-order valence-corrected chi connectivity index (χ1v) is 5.05. The molecule has 0 amide bonds. The smallest absolute Gasteiger partial charge is 0.263 e. The summed E-state index contributed by atoms with van der Waals surface area (Å²) < 4.78 is 5.48. The van der Waals surface area contributed by atoms with E-state index in [-0.39, 0.29) is 11.7 Å². The third-order valence-electron chi connectivity index (χ3n) is 2.58. The van der Waals surface area contributed by atoms with E-state index < -0.39 is 0 Å². The molecule has 0 unspecified atom stereocenters. The number of aromatic nitrogens is 1. The third-order valence-corrected chi connectivity index (χ3v) is 2.58. The van der Waals surface area contributed by atoms with Crippen molar-refractivity contribution in [1.82, 2.24) is 4.98 Å². The lowest BCUT2D eigenvalue weighted by molar-refractivity contribution is 0.0983. The zero-order chi connectivity index (χ0) is 11.1. The van der Waals surface area contributed by atoms with E-state index in [2.05, 4.69) is 4.98 Å². The number of hydrogen-bond donors (Lipinski definition) is 0. The summed E-state index contributed by atoms with van der Waals surface area (Å²) >= 11 is 0. The van der Waals surface area contributed by atoms with Crippen molar-refractivity contribution in [2.45, 2.75) is 6.92 Å². The van der Waals surface area contributed by atoms with Gasteiger partial charge < -0.3 is 4.42 Å². The number of fused-ring (bicyclic) bond motifs is 3. The van der Waals surface area contributed by atoms with Crippen LogP contribution >= 0.6 is 0 Å². The van der Waals surface area contributed by atoms with Crippen LogP contribution in [0.4, 0.5) is 0 Å². The second-order valence-electron chi connectivity index (χ2n) is 3.71. The van der Waals surface area contributed by atoms with Crippen LogP contribution in [0, 0.1) is 0 Å². The van der Waals surface area contributed by atoms with E-state index in [4.69, 9.17) is 4.42 Å². The fourth-order valence-corrected chi connectivity index (χ4v) is 1.81. The maximum Gasteiger partial charge on any atom is 0.263 e. The van der Waals surface area contributed by atoms with Crippen LogP contribution in [0.3, 0.4) is 0 Å². The number of carbonyl (C=O) groups excluding carboxylic acids is 1. The van der Waals surface area contributed by atoms with Crippen LogP contribution in [-0.4, -0.2) is 10.8 Å². The predicted octanol–water partition coefficient (Wildman–Crippen LogP) is 3.18. The highest BCUT2D eigenvalue weighted by atomic mass is 16.4. The van der Waals surface area contributed by atoms with Crippen LogP contribution in [-0.2, 0) is 0 Å². The number of benzene rings is 2. The molecule has 0 bridgehead atoms. The van der Waals surface area contributed by atoms with Crippen LogP contribution < -0.4 is 0 Å². The van der Waals surface area contributed by atoms with Gasteiger partial charge in [0, 0.05) is 12.3 Å². The van der Waals surface area contributed by atoms with Crippen molar-refractivity contribution in [1.29, 1.82) is 0 Å². The molecule has 3 nitrogen and oxygen atoms in total. The van der Waals surface area contributed by atoms with Gasteiger partial charge in [-0.3, -0.25) is 4.79 Å². The quantitative estimate of drug-likeness (QED) is 0.580. The van der Waals surface area contributed by atoms with E-state index in [0.717, 1.165) is 16.3 Å². The number of oxazole rings is 1. The van der Waals surface area contributed by atoms with E-state index in [1.807, 2.05) is 36.4 Å². The highest BCUT2D eigenvalue weighted by molar-refractivity contribution is 6.04. The van der Waals surface area contributed by atoms with Gasteiger partial charge in [0.25, 0.3) is 5.89 Å². The fourth-order valence-electron chi connectivity index (χ4n) is 1.81. The van der Waals surface area contributed by atoms with Crippen molar-refractivity contribution in [3.05, 3.63) is 42.3 Å². The van der Waals surface area contributed by atoms with Crippen LogP contribution in [0.1, 0.15) is 17.6 Å². The van der Waals surface area contributed by atoms with Crippen LogP contribution in [0.25, 0.3) is 21.9 Å². The van der Waals surface area contributed by atoms with Crippen molar-refractivity contribution < 1.29 is 9.21 Å². The van der Waals surface area contributed by atoms with Gasteiger partial charge in [0.1, 0.15) is 5.52 Å². The van der Waals surface area contributed by atoms with Crippen molar-refractivity contribution in [2.24, 2.45) is 0 Å². The summed E-state index contributed by atoms with van der Waals surface area (Å²) in [5, 5.41) is 2.07. The normalized spacial score (nSPS) is 11.1. The molecule has 0 spiro atoms. The number of carbonyl (C=O) groups is 1. The molecular formula is C13H9NO2. The Labute approximate surface area is 91.7 Å². The minimum atomic E-state index is -0.153. The summed E-state index contributed by atoms with van der Waals surface area (Å²) in [6, 6.07) is 11.7. The molecule has 0 saturated heterocycles. The Morgan fingerprint density at radius 2 is 2.00 bits per heavy atom. The van der Waals surface area contributed by atoms with Gasteiger partial charge in [0.2, 0.25) is 5.78 Å². The fraction of sp³-hybridized carbons (Fsp3) is 0.0769. The molecule has 0 radical (unpaired) electrons. The number of hydrogen-bond acceptors (Lipinski definition) is 3. The molecular weight excluding hydrogens is 202 g/mol. The van der Waals surface area contributed by atoms with Crippen molar-refractivity contribution in [2.75, 3.05) is 0 Å². The summed E-state index contributed by atoms with van der Waals surface area (Å²) in [5.74, 6) is 0.0200. The summed E-state index contributed by atoms with van der Waals surface area (Å²) in [5.41, 5.74) is 1.41. The summed E-state index contributed by atoms with van der Waals surface area (Å²) in [7, 11) is 0. The second-order valence-corrected chi connectivity index (χ2v) is 3.71. The zero-order valence-corrected chi connectivity index (χ0v) is 8.73. The molecule has 1 heterocycles. The molecule has 78 valence electrons. The number of ketones is 1. The predicted molar refractivity (Wildman–Crippen MR) is 61.5 cm³/mol. The molecule has 0 atom stereocenters. The minimum absolute atomic E-state index is 0.153. The molecule has 3 heteroatoms. The van der Waals surface area contributed by atoms with E-state index in [1.165, 1.54) is 6.92 Å². The molecule has 0 fully saturated rings. The molecule has 0 saturated carbocycles. The molecule has 3 aromatic rings. The summed E-state index contributed by atoms with van der Waals surface area (Å²) in [6.07, 6.45) is 0. The van der Waals surface area contributed by atoms with Gasteiger partial charge in [0.05, 0.1) is 0 Å². The van der Waals surface area contributed by atoms with Gasteiger partial charge >= 0.3 is 0 Å². The zero-order valence-electron chi connectivity index (χ0n) is 8.73. The molecule has 3 rings (SSSR count). The first kappa shape index (κ1) is 9.09. The largest absolute Gasteiger partial charge is 0.433 e. The SMILES string of the molecule is CC(=O)c1nc2ccc3ccccc3c2o1. The van der Waals surface area contributed by atoms with Gasteiger partial charge in [-0.05, 0) is 11.5 Å². The molecule has 0 aliphatic rings. The van der Waals surface area contributed by atoms with E-state index in [9.17, 15) is 4.79 Å². The second kappa shape index (κ2) is 3.17. The van der Waals surface area contributed by atoms with Crippen molar-refractivity contribution in [3.63, 3.8) is 0 Å². The van der Waals surface area contributed by atoms with Crippen LogP contribution in [0.2, 0.25) is 0 Å². The van der Waals surface area contributed by atoms with Crippen molar-refractivity contribution >= 4 is 27.7 Å². The Kier molecular flexibility index (Phi) is 1.80. The number of Topliss-reactive ketones (excluding diaryl/α,β-unsaturated/α-hetero) is 1. The Balaban J connectivity index is 2.46. The third kappa shape index (κ3) is 1.21. The number of nitrogens with zero attached hydrogens (tertiary/aromatic N) is 1. The molecule has 16 heavy (non-hydrogen) atoms. The lowest BCUT2D eigenvalue weighted by atomic mass is 10.1. The van der Waals surface area contributed by atoms with E-state index in [1.54, 1.807) is 0 Å².